The zero-order valence-electron chi connectivity index (χ0n) is 11.0. The number of aliphatic imine (C=N–C) groups is 2. The SMILES string of the molecule is O=C=Nc1ccc(F)[c]([Ti][c]2c(F)ccc(N=C=O)c2F)c1F. The zero-order chi connectivity index (χ0) is 17.0. The van der Waals surface area contributed by atoms with E-state index in [0.717, 1.165) is 36.4 Å². The van der Waals surface area contributed by atoms with Crippen LogP contribution in [-0.2, 0) is 28.7 Å². The van der Waals surface area contributed by atoms with Crippen molar-refractivity contribution in [3.63, 3.8) is 0 Å². The predicted molar refractivity (Wildman–Crippen MR) is 67.5 cm³/mol. The molecule has 0 aliphatic heterocycles. The molecule has 2 aromatic carbocycles. The van der Waals surface area contributed by atoms with E-state index in [4.69, 9.17) is 0 Å². The number of halogens is 4. The van der Waals surface area contributed by atoms with Gasteiger partial charge in [-0.05, 0) is 0 Å². The van der Waals surface area contributed by atoms with Crippen molar-refractivity contribution in [2.24, 2.45) is 9.98 Å². The fraction of sp³-hybridized carbons (Fsp3) is 0. The third-order valence-corrected chi connectivity index (χ3v) is 4.94. The van der Waals surface area contributed by atoms with Gasteiger partial charge in [0.25, 0.3) is 0 Å². The van der Waals surface area contributed by atoms with Crippen LogP contribution in [0.25, 0.3) is 0 Å². The minimum atomic E-state index is -2.16. The number of benzene rings is 2. The maximum absolute atomic E-state index is 14.1. The van der Waals surface area contributed by atoms with Crippen molar-refractivity contribution < 1.29 is 46.3 Å². The molecule has 0 spiro atoms. The first-order valence-corrected chi connectivity index (χ1v) is 7.44. The summed E-state index contributed by atoms with van der Waals surface area (Å²) in [6, 6.07) is 3.48. The third kappa shape index (κ3) is 3.52. The number of rotatable bonds is 4. The van der Waals surface area contributed by atoms with Gasteiger partial charge in [-0.25, -0.2) is 0 Å². The number of isocyanates is 2. The van der Waals surface area contributed by atoms with Crippen LogP contribution in [0.3, 0.4) is 0 Å². The summed E-state index contributed by atoms with van der Waals surface area (Å²) in [6.45, 7) is 0. The van der Waals surface area contributed by atoms with E-state index in [-0.39, 0.29) is 0 Å². The maximum atomic E-state index is 14.1. The van der Waals surface area contributed by atoms with Gasteiger partial charge >= 0.3 is 135 Å². The molecule has 0 unspecified atom stereocenters. The van der Waals surface area contributed by atoms with Gasteiger partial charge < -0.3 is 0 Å². The monoisotopic (exact) mass is 356 g/mol. The van der Waals surface area contributed by atoms with Crippen LogP contribution in [0.4, 0.5) is 28.9 Å². The molecule has 0 aliphatic rings. The normalized spacial score (nSPS) is 9.74. The molecule has 2 aromatic rings. The molecule has 0 aromatic heterocycles. The van der Waals surface area contributed by atoms with E-state index >= 15 is 0 Å². The van der Waals surface area contributed by atoms with Crippen LogP contribution in [-0.4, -0.2) is 12.2 Å². The molecule has 0 aliphatic carbocycles. The summed E-state index contributed by atoms with van der Waals surface area (Å²) in [5.41, 5.74) is -0.967. The van der Waals surface area contributed by atoms with Gasteiger partial charge in [0.15, 0.2) is 0 Å². The first-order valence-electron chi connectivity index (χ1n) is 5.88. The van der Waals surface area contributed by atoms with Crippen LogP contribution in [0.5, 0.6) is 0 Å². The minimum absolute atomic E-state index is 0.483. The second-order valence-corrected chi connectivity index (χ2v) is 5.99. The third-order valence-electron chi connectivity index (χ3n) is 2.72. The summed E-state index contributed by atoms with van der Waals surface area (Å²) in [5.74, 6) is -4.40. The molecule has 0 atom stereocenters. The predicted octanol–water partition coefficient (Wildman–Crippen LogP) is 2.21. The Hall–Kier alpha value is -2.37. The van der Waals surface area contributed by atoms with Gasteiger partial charge in [-0.15, -0.1) is 0 Å². The van der Waals surface area contributed by atoms with Crippen molar-refractivity contribution >= 4 is 31.3 Å². The topological polar surface area (TPSA) is 58.9 Å². The summed E-state index contributed by atoms with van der Waals surface area (Å²) in [5, 5.41) is 0. The van der Waals surface area contributed by atoms with E-state index in [1.807, 2.05) is 0 Å². The van der Waals surface area contributed by atoms with E-state index in [2.05, 4.69) is 9.98 Å². The van der Waals surface area contributed by atoms with Gasteiger partial charge in [0.2, 0.25) is 0 Å². The van der Waals surface area contributed by atoms with Crippen molar-refractivity contribution in [1.29, 1.82) is 0 Å². The van der Waals surface area contributed by atoms with Gasteiger partial charge in [-0.3, -0.25) is 0 Å². The van der Waals surface area contributed by atoms with E-state index in [9.17, 15) is 27.2 Å². The Labute approximate surface area is 135 Å². The molecule has 0 bridgehead atoms. The second kappa shape index (κ2) is 7.26. The Balaban J connectivity index is 2.60. The van der Waals surface area contributed by atoms with Gasteiger partial charge in [-0.1, -0.05) is 0 Å². The molecular formula is C14H4F4N2O2Ti. The fourth-order valence-electron chi connectivity index (χ4n) is 1.71. The molecule has 0 N–H and O–H groups in total. The average molecular weight is 356 g/mol. The molecule has 0 amide bonds. The van der Waals surface area contributed by atoms with Gasteiger partial charge in [-0.2, -0.15) is 0 Å². The van der Waals surface area contributed by atoms with Crippen molar-refractivity contribution in [1.82, 2.24) is 0 Å². The second-order valence-electron chi connectivity index (χ2n) is 4.04. The van der Waals surface area contributed by atoms with Gasteiger partial charge in [0.1, 0.15) is 0 Å². The zero-order valence-corrected chi connectivity index (χ0v) is 12.6. The van der Waals surface area contributed by atoms with Crippen molar-refractivity contribution in [2.75, 3.05) is 0 Å². The fourth-order valence-corrected chi connectivity index (χ4v) is 3.47. The molecule has 9 heteroatoms. The molecule has 23 heavy (non-hydrogen) atoms. The quantitative estimate of drug-likeness (QED) is 0.365. The summed E-state index contributed by atoms with van der Waals surface area (Å²) in [4.78, 5) is 26.5. The first-order chi connectivity index (χ1) is 11.0. The molecule has 0 saturated carbocycles. The van der Waals surface area contributed by atoms with E-state index < -0.39 is 61.5 Å². The number of nitrogens with zero attached hydrogens (tertiary/aromatic N) is 2. The molecule has 0 radical (unpaired) electrons. The Morgan fingerprint density at radius 3 is 1.48 bits per heavy atom. The van der Waals surface area contributed by atoms with E-state index in [1.54, 1.807) is 0 Å². The van der Waals surface area contributed by atoms with Crippen molar-refractivity contribution in [3.05, 3.63) is 47.5 Å². The number of hydrogen-bond donors (Lipinski definition) is 0. The van der Waals surface area contributed by atoms with Crippen LogP contribution >= 0.6 is 0 Å². The molecule has 114 valence electrons. The Kier molecular flexibility index (Phi) is 5.37. The Morgan fingerprint density at radius 2 is 1.13 bits per heavy atom. The molecule has 0 fully saturated rings. The van der Waals surface area contributed by atoms with Crippen LogP contribution < -0.4 is 7.74 Å². The molecule has 4 nitrogen and oxygen atoms in total. The molecule has 0 saturated heterocycles. The first kappa shape index (κ1) is 17.0. The van der Waals surface area contributed by atoms with Gasteiger partial charge in [0.05, 0.1) is 0 Å². The number of carbonyl (C=O) groups excluding carboxylic acids is 2. The van der Waals surface area contributed by atoms with Crippen molar-refractivity contribution in [3.8, 4) is 0 Å². The summed E-state index contributed by atoms with van der Waals surface area (Å²) >= 11 is -2.16. The summed E-state index contributed by atoms with van der Waals surface area (Å²) in [6.07, 6.45) is 2.21. The van der Waals surface area contributed by atoms with E-state index in [1.165, 1.54) is 0 Å². The van der Waals surface area contributed by atoms with Crippen LogP contribution in [0.15, 0.2) is 34.3 Å². The van der Waals surface area contributed by atoms with E-state index in [0.29, 0.717) is 0 Å². The Morgan fingerprint density at radius 1 is 0.739 bits per heavy atom. The van der Waals surface area contributed by atoms with Crippen LogP contribution in [0.1, 0.15) is 0 Å². The average Bonchev–Trinajstić information content (AvgIpc) is 2.52. The standard InChI is InChI=1S/2C7H2F2NO.Ti/c2*8-5-1-2-7(10-4-11)6(9)3-5;/h2*1-2H;. The Bertz CT molecular complexity index is 804. The summed E-state index contributed by atoms with van der Waals surface area (Å²) in [7, 11) is 0. The van der Waals surface area contributed by atoms with Crippen LogP contribution in [0, 0.1) is 23.3 Å². The number of hydrogen-bond acceptors (Lipinski definition) is 4. The van der Waals surface area contributed by atoms with Crippen molar-refractivity contribution in [2.45, 2.75) is 0 Å². The molecular weight excluding hydrogens is 352 g/mol. The van der Waals surface area contributed by atoms with Crippen LogP contribution in [0.2, 0.25) is 0 Å². The summed E-state index contributed by atoms with van der Waals surface area (Å²) < 4.78 is 54.7. The van der Waals surface area contributed by atoms with Gasteiger partial charge in [0, 0.05) is 0 Å². The molecule has 0 heterocycles. The molecule has 2 rings (SSSR count).